The number of nitrogens with one attached hydrogen (secondary N) is 1. The van der Waals surface area contributed by atoms with Crippen LogP contribution in [0.4, 0.5) is 11.6 Å². The molecule has 2 saturated heterocycles. The monoisotopic (exact) mass is 266 g/mol. The number of aromatic nitrogens is 2. The SMILES string of the molecule is Cn1cnc([N+](=O)[O-])c1N1CC(N2CCNCC2)C1. The Morgan fingerprint density at radius 3 is 2.74 bits per heavy atom. The second kappa shape index (κ2) is 4.78. The predicted octanol–water partition coefficient (Wildman–Crippen LogP) is -0.578. The van der Waals surface area contributed by atoms with Gasteiger partial charge >= 0.3 is 5.82 Å². The van der Waals surface area contributed by atoms with Gasteiger partial charge in [0.15, 0.2) is 0 Å². The number of hydrogen-bond acceptors (Lipinski definition) is 6. The van der Waals surface area contributed by atoms with Crippen molar-refractivity contribution in [3.63, 3.8) is 0 Å². The number of nitro groups is 1. The minimum absolute atomic E-state index is 0.0405. The summed E-state index contributed by atoms with van der Waals surface area (Å²) in [5, 5.41) is 14.3. The molecule has 0 atom stereocenters. The fourth-order valence-corrected chi connectivity index (χ4v) is 2.81. The van der Waals surface area contributed by atoms with Crippen molar-refractivity contribution in [3.8, 4) is 0 Å². The van der Waals surface area contributed by atoms with E-state index in [1.165, 1.54) is 6.33 Å². The van der Waals surface area contributed by atoms with E-state index in [2.05, 4.69) is 15.2 Å². The lowest BCUT2D eigenvalue weighted by molar-refractivity contribution is -0.388. The van der Waals surface area contributed by atoms with Gasteiger partial charge in [-0.05, 0) is 9.91 Å². The number of nitrogens with zero attached hydrogens (tertiary/aromatic N) is 5. The molecular weight excluding hydrogens is 248 g/mol. The van der Waals surface area contributed by atoms with Crippen molar-refractivity contribution in [2.75, 3.05) is 44.2 Å². The van der Waals surface area contributed by atoms with Crippen molar-refractivity contribution in [3.05, 3.63) is 16.4 Å². The molecule has 0 spiro atoms. The first-order valence-corrected chi connectivity index (χ1v) is 6.52. The lowest BCUT2D eigenvalue weighted by Crippen LogP contribution is -2.63. The average Bonchev–Trinajstić information content (AvgIpc) is 2.71. The Morgan fingerprint density at radius 2 is 2.11 bits per heavy atom. The van der Waals surface area contributed by atoms with E-state index >= 15 is 0 Å². The second-order valence-corrected chi connectivity index (χ2v) is 5.10. The van der Waals surface area contributed by atoms with E-state index in [1.807, 2.05) is 4.90 Å². The molecule has 104 valence electrons. The zero-order chi connectivity index (χ0) is 13.4. The van der Waals surface area contributed by atoms with Gasteiger partial charge in [0.05, 0.1) is 0 Å². The summed E-state index contributed by atoms with van der Waals surface area (Å²) in [7, 11) is 1.80. The highest BCUT2D eigenvalue weighted by Gasteiger charge is 2.37. The minimum Gasteiger partial charge on any atom is -0.358 e. The molecule has 0 bridgehead atoms. The fourth-order valence-electron chi connectivity index (χ4n) is 2.81. The van der Waals surface area contributed by atoms with Gasteiger partial charge in [-0.25, -0.2) is 0 Å². The average molecular weight is 266 g/mol. The number of imidazole rings is 1. The Labute approximate surface area is 111 Å². The Balaban J connectivity index is 1.67. The standard InChI is InChI=1S/C11H18N6O2/c1-14-8-13-10(17(18)19)11(14)16-6-9(7-16)15-4-2-12-3-5-15/h8-9,12H,2-7H2,1H3. The van der Waals surface area contributed by atoms with Crippen LogP contribution in [-0.4, -0.2) is 64.7 Å². The maximum atomic E-state index is 10.9. The molecule has 2 aliphatic heterocycles. The molecule has 0 saturated carbocycles. The van der Waals surface area contributed by atoms with Crippen LogP contribution >= 0.6 is 0 Å². The summed E-state index contributed by atoms with van der Waals surface area (Å²) in [5.74, 6) is 0.581. The minimum atomic E-state index is -0.409. The Kier molecular flexibility index (Phi) is 3.11. The van der Waals surface area contributed by atoms with E-state index in [-0.39, 0.29) is 5.82 Å². The van der Waals surface area contributed by atoms with Gasteiger partial charge in [0, 0.05) is 52.4 Å². The molecule has 0 radical (unpaired) electrons. The molecular formula is C11H18N6O2. The van der Waals surface area contributed by atoms with Crippen LogP contribution in [0, 0.1) is 10.1 Å². The molecule has 0 unspecified atom stereocenters. The first kappa shape index (κ1) is 12.4. The summed E-state index contributed by atoms with van der Waals surface area (Å²) in [6, 6.07) is 0.511. The van der Waals surface area contributed by atoms with Gasteiger partial charge in [0.1, 0.15) is 0 Å². The predicted molar refractivity (Wildman–Crippen MR) is 70.3 cm³/mol. The van der Waals surface area contributed by atoms with Crippen LogP contribution < -0.4 is 10.2 Å². The van der Waals surface area contributed by atoms with Gasteiger partial charge < -0.3 is 20.3 Å². The molecule has 2 aliphatic rings. The topological polar surface area (TPSA) is 79.5 Å². The molecule has 1 aromatic heterocycles. The van der Waals surface area contributed by atoms with E-state index < -0.39 is 4.92 Å². The van der Waals surface area contributed by atoms with E-state index in [1.54, 1.807) is 11.6 Å². The lowest BCUT2D eigenvalue weighted by atomic mass is 10.1. The highest BCUT2D eigenvalue weighted by atomic mass is 16.6. The Bertz CT molecular complexity index is 476. The van der Waals surface area contributed by atoms with E-state index in [0.29, 0.717) is 11.9 Å². The van der Waals surface area contributed by atoms with Crippen LogP contribution in [0.15, 0.2) is 6.33 Å². The fraction of sp³-hybridized carbons (Fsp3) is 0.727. The largest absolute Gasteiger partial charge is 0.406 e. The third kappa shape index (κ3) is 2.17. The normalized spacial score (nSPS) is 21.4. The van der Waals surface area contributed by atoms with Gasteiger partial charge in [-0.1, -0.05) is 0 Å². The van der Waals surface area contributed by atoms with Gasteiger partial charge in [-0.15, -0.1) is 0 Å². The zero-order valence-corrected chi connectivity index (χ0v) is 10.9. The van der Waals surface area contributed by atoms with Crippen LogP contribution in [0.3, 0.4) is 0 Å². The van der Waals surface area contributed by atoms with Crippen molar-refractivity contribution < 1.29 is 4.92 Å². The molecule has 0 aromatic carbocycles. The molecule has 3 heterocycles. The van der Waals surface area contributed by atoms with Crippen molar-refractivity contribution in [2.24, 2.45) is 7.05 Å². The third-order valence-electron chi connectivity index (χ3n) is 3.89. The Hall–Kier alpha value is -1.67. The number of piperazine rings is 1. The van der Waals surface area contributed by atoms with Gasteiger partial charge in [0.25, 0.3) is 0 Å². The summed E-state index contributed by atoms with van der Waals surface area (Å²) in [6.45, 7) is 5.88. The summed E-state index contributed by atoms with van der Waals surface area (Å²) < 4.78 is 1.73. The maximum absolute atomic E-state index is 10.9. The molecule has 19 heavy (non-hydrogen) atoms. The molecule has 8 nitrogen and oxygen atoms in total. The molecule has 0 aliphatic carbocycles. The van der Waals surface area contributed by atoms with Crippen molar-refractivity contribution in [1.82, 2.24) is 19.8 Å². The van der Waals surface area contributed by atoms with Crippen LogP contribution in [0.25, 0.3) is 0 Å². The van der Waals surface area contributed by atoms with Crippen LogP contribution in [0.2, 0.25) is 0 Å². The smallest absolute Gasteiger partial charge is 0.358 e. The highest BCUT2D eigenvalue weighted by Crippen LogP contribution is 2.30. The molecule has 3 rings (SSSR count). The lowest BCUT2D eigenvalue weighted by Gasteiger charge is -2.47. The van der Waals surface area contributed by atoms with Crippen LogP contribution in [-0.2, 0) is 7.05 Å². The summed E-state index contributed by atoms with van der Waals surface area (Å²) in [6.07, 6.45) is 1.51. The zero-order valence-electron chi connectivity index (χ0n) is 10.9. The summed E-state index contributed by atoms with van der Waals surface area (Å²) in [5.41, 5.74) is 0. The molecule has 0 amide bonds. The van der Waals surface area contributed by atoms with Gasteiger partial charge in [-0.2, -0.15) is 0 Å². The van der Waals surface area contributed by atoms with Crippen LogP contribution in [0.5, 0.6) is 0 Å². The molecule has 2 fully saturated rings. The van der Waals surface area contributed by atoms with E-state index in [0.717, 1.165) is 39.3 Å². The molecule has 8 heteroatoms. The van der Waals surface area contributed by atoms with Gasteiger partial charge in [-0.3, -0.25) is 9.47 Å². The number of aryl methyl sites for hydroxylation is 1. The molecule has 1 aromatic rings. The Morgan fingerprint density at radius 1 is 1.42 bits per heavy atom. The van der Waals surface area contributed by atoms with Gasteiger partial charge in [0.2, 0.25) is 12.1 Å². The highest BCUT2D eigenvalue weighted by molar-refractivity contribution is 5.56. The third-order valence-corrected chi connectivity index (χ3v) is 3.89. The quantitative estimate of drug-likeness (QED) is 0.582. The number of anilines is 1. The maximum Gasteiger partial charge on any atom is 0.406 e. The van der Waals surface area contributed by atoms with E-state index in [4.69, 9.17) is 0 Å². The van der Waals surface area contributed by atoms with Crippen LogP contribution in [0.1, 0.15) is 0 Å². The number of rotatable bonds is 3. The second-order valence-electron chi connectivity index (χ2n) is 5.10. The van der Waals surface area contributed by atoms with Crippen molar-refractivity contribution in [2.45, 2.75) is 6.04 Å². The van der Waals surface area contributed by atoms with E-state index in [9.17, 15) is 10.1 Å². The molecule has 1 N–H and O–H groups in total. The first-order chi connectivity index (χ1) is 9.16. The summed E-state index contributed by atoms with van der Waals surface area (Å²) in [4.78, 5) is 18.9. The first-order valence-electron chi connectivity index (χ1n) is 6.52. The van der Waals surface area contributed by atoms with Crippen molar-refractivity contribution in [1.29, 1.82) is 0 Å². The van der Waals surface area contributed by atoms with Crippen molar-refractivity contribution >= 4 is 11.6 Å². The number of hydrogen-bond donors (Lipinski definition) is 1. The summed E-state index contributed by atoms with van der Waals surface area (Å²) >= 11 is 0.